The van der Waals surface area contributed by atoms with E-state index in [0.717, 1.165) is 25.2 Å². The van der Waals surface area contributed by atoms with Crippen LogP contribution in [-0.2, 0) is 19.1 Å². The van der Waals surface area contributed by atoms with Gasteiger partial charge in [-0.05, 0) is 18.8 Å². The zero-order valence-corrected chi connectivity index (χ0v) is 14.7. The van der Waals surface area contributed by atoms with E-state index >= 15 is 0 Å². The average molecular weight is 336 g/mol. The Balaban J connectivity index is 1.84. The van der Waals surface area contributed by atoms with E-state index < -0.39 is 17.3 Å². The molecule has 0 unspecified atom stereocenters. The van der Waals surface area contributed by atoms with Crippen LogP contribution in [0.25, 0.3) is 0 Å². The molecule has 0 aliphatic heterocycles. The van der Waals surface area contributed by atoms with Gasteiger partial charge in [0, 0.05) is 5.57 Å². The summed E-state index contributed by atoms with van der Waals surface area (Å²) in [5.74, 6) is -1.09. The van der Waals surface area contributed by atoms with Gasteiger partial charge in [-0.25, -0.2) is 0 Å². The number of carbonyl (C=O) groups excluding carboxylic acids is 2. The van der Waals surface area contributed by atoms with E-state index in [1.165, 1.54) is 52.7 Å². The molecule has 0 saturated heterocycles. The molecule has 0 aromatic carbocycles. The summed E-state index contributed by atoms with van der Waals surface area (Å²) in [7, 11) is 2.60. The number of hydrogen-bond donors (Lipinski definition) is 1. The highest BCUT2D eigenvalue weighted by Gasteiger charge is 2.36. The number of aliphatic hydroxyl groups is 1. The minimum atomic E-state index is -0.675. The van der Waals surface area contributed by atoms with Crippen molar-refractivity contribution in [2.75, 3.05) is 14.2 Å². The predicted molar refractivity (Wildman–Crippen MR) is 90.4 cm³/mol. The maximum Gasteiger partial charge on any atom is 0.266 e. The van der Waals surface area contributed by atoms with Crippen molar-refractivity contribution in [2.24, 2.45) is 5.92 Å². The first kappa shape index (κ1) is 18.6. The van der Waals surface area contributed by atoms with E-state index in [4.69, 9.17) is 9.47 Å². The van der Waals surface area contributed by atoms with Gasteiger partial charge in [0.1, 0.15) is 0 Å². The van der Waals surface area contributed by atoms with Gasteiger partial charge in [-0.2, -0.15) is 0 Å². The minimum absolute atomic E-state index is 0.113. The summed E-state index contributed by atoms with van der Waals surface area (Å²) in [6, 6.07) is 0. The molecule has 0 radical (unpaired) electrons. The highest BCUT2D eigenvalue weighted by molar-refractivity contribution is 6.22. The van der Waals surface area contributed by atoms with Gasteiger partial charge in [-0.15, -0.1) is 0 Å². The summed E-state index contributed by atoms with van der Waals surface area (Å²) in [6.45, 7) is 0. The van der Waals surface area contributed by atoms with Crippen LogP contribution in [-0.4, -0.2) is 30.9 Å². The summed E-state index contributed by atoms with van der Waals surface area (Å²) in [5.41, 5.74) is 0.148. The Labute approximate surface area is 143 Å². The summed E-state index contributed by atoms with van der Waals surface area (Å²) in [6.07, 6.45) is 11.3. The topological polar surface area (TPSA) is 72.8 Å². The Morgan fingerprint density at radius 3 is 2.17 bits per heavy atom. The number of unbranched alkanes of at least 4 members (excludes halogenated alkanes) is 2. The molecule has 134 valence electrons. The SMILES string of the molecule is COC1=C(OC)C(=O)C(CCCCCC2CCCCC2)=C(O)C1=O. The first-order valence-electron chi connectivity index (χ1n) is 8.93. The van der Waals surface area contributed by atoms with Crippen molar-refractivity contribution in [1.82, 2.24) is 0 Å². The summed E-state index contributed by atoms with van der Waals surface area (Å²) in [4.78, 5) is 24.4. The van der Waals surface area contributed by atoms with Gasteiger partial charge in [0.05, 0.1) is 14.2 Å². The summed E-state index contributed by atoms with van der Waals surface area (Å²) in [5, 5.41) is 10.0. The van der Waals surface area contributed by atoms with Crippen LogP contribution in [0.5, 0.6) is 0 Å². The third kappa shape index (κ3) is 4.19. The fraction of sp³-hybridized carbons (Fsp3) is 0.684. The van der Waals surface area contributed by atoms with Crippen LogP contribution in [0.2, 0.25) is 0 Å². The maximum atomic E-state index is 12.4. The molecule has 24 heavy (non-hydrogen) atoms. The molecule has 0 aromatic rings. The Bertz CT molecular complexity index is 538. The van der Waals surface area contributed by atoms with Crippen LogP contribution in [0.3, 0.4) is 0 Å². The quantitative estimate of drug-likeness (QED) is 0.536. The standard InChI is InChI=1S/C19H28O5/c1-23-18-16(21)14(15(20)17(22)19(18)24-2)12-8-4-7-11-13-9-5-3-6-10-13/h13,20H,3-12H2,1-2H3. The van der Waals surface area contributed by atoms with Crippen LogP contribution in [0, 0.1) is 5.92 Å². The lowest BCUT2D eigenvalue weighted by Crippen LogP contribution is -2.26. The average Bonchev–Trinajstić information content (AvgIpc) is 2.61. The van der Waals surface area contributed by atoms with Crippen molar-refractivity contribution in [3.05, 3.63) is 22.9 Å². The number of ketones is 2. The molecule has 5 heteroatoms. The van der Waals surface area contributed by atoms with Crippen molar-refractivity contribution in [1.29, 1.82) is 0 Å². The van der Waals surface area contributed by atoms with Gasteiger partial charge < -0.3 is 14.6 Å². The number of carbonyl (C=O) groups is 2. The summed E-state index contributed by atoms with van der Waals surface area (Å²) < 4.78 is 9.90. The molecular formula is C19H28O5. The molecular weight excluding hydrogens is 308 g/mol. The second-order valence-electron chi connectivity index (χ2n) is 6.66. The molecule has 2 aliphatic carbocycles. The normalized spacial score (nSPS) is 19.9. The molecule has 0 amide bonds. The Morgan fingerprint density at radius 1 is 0.917 bits per heavy atom. The number of Topliss-reactive ketones (excluding diaryl/α,β-unsaturated/α-hetero) is 2. The van der Waals surface area contributed by atoms with Gasteiger partial charge in [-0.3, -0.25) is 9.59 Å². The highest BCUT2D eigenvalue weighted by atomic mass is 16.5. The maximum absolute atomic E-state index is 12.4. The molecule has 1 saturated carbocycles. The Morgan fingerprint density at radius 2 is 1.54 bits per heavy atom. The Hall–Kier alpha value is -1.78. The van der Waals surface area contributed by atoms with E-state index in [1.807, 2.05) is 0 Å². The van der Waals surface area contributed by atoms with Crippen LogP contribution in [0.15, 0.2) is 22.9 Å². The van der Waals surface area contributed by atoms with E-state index in [9.17, 15) is 14.7 Å². The zero-order chi connectivity index (χ0) is 17.5. The van der Waals surface area contributed by atoms with E-state index in [2.05, 4.69) is 0 Å². The fourth-order valence-electron chi connectivity index (χ4n) is 3.69. The van der Waals surface area contributed by atoms with Crippen LogP contribution in [0.1, 0.15) is 64.2 Å². The molecule has 5 nitrogen and oxygen atoms in total. The van der Waals surface area contributed by atoms with Crippen molar-refractivity contribution in [3.63, 3.8) is 0 Å². The first-order chi connectivity index (χ1) is 11.6. The first-order valence-corrected chi connectivity index (χ1v) is 8.93. The molecule has 1 N–H and O–H groups in total. The molecule has 0 heterocycles. The van der Waals surface area contributed by atoms with Crippen LogP contribution < -0.4 is 0 Å². The van der Waals surface area contributed by atoms with Gasteiger partial charge in [0.15, 0.2) is 5.76 Å². The Kier molecular flexibility index (Phi) is 6.88. The van der Waals surface area contributed by atoms with Gasteiger partial charge in [0.25, 0.3) is 5.78 Å². The molecule has 0 bridgehead atoms. The second-order valence-corrected chi connectivity index (χ2v) is 6.66. The number of ether oxygens (including phenoxy) is 2. The lowest BCUT2D eigenvalue weighted by Gasteiger charge is -2.21. The largest absolute Gasteiger partial charge is 0.504 e. The number of methoxy groups -OCH3 is 2. The van der Waals surface area contributed by atoms with Gasteiger partial charge in [-0.1, -0.05) is 51.4 Å². The van der Waals surface area contributed by atoms with E-state index in [1.54, 1.807) is 0 Å². The fourth-order valence-corrected chi connectivity index (χ4v) is 3.69. The van der Waals surface area contributed by atoms with Crippen LogP contribution >= 0.6 is 0 Å². The van der Waals surface area contributed by atoms with E-state index in [0.29, 0.717) is 6.42 Å². The van der Waals surface area contributed by atoms with Crippen molar-refractivity contribution < 1.29 is 24.2 Å². The lowest BCUT2D eigenvalue weighted by atomic mass is 9.85. The molecule has 0 aromatic heterocycles. The molecule has 2 aliphatic rings. The van der Waals surface area contributed by atoms with Crippen molar-refractivity contribution >= 4 is 11.6 Å². The third-order valence-electron chi connectivity index (χ3n) is 5.07. The van der Waals surface area contributed by atoms with Gasteiger partial charge in [0.2, 0.25) is 17.3 Å². The van der Waals surface area contributed by atoms with Gasteiger partial charge >= 0.3 is 0 Å². The molecule has 0 spiro atoms. The number of aliphatic hydroxyl groups excluding tert-OH is 1. The minimum Gasteiger partial charge on any atom is -0.504 e. The van der Waals surface area contributed by atoms with Crippen LogP contribution in [0.4, 0.5) is 0 Å². The predicted octanol–water partition coefficient (Wildman–Crippen LogP) is 3.99. The second kappa shape index (κ2) is 8.90. The van der Waals surface area contributed by atoms with Crippen molar-refractivity contribution in [3.8, 4) is 0 Å². The van der Waals surface area contributed by atoms with Crippen molar-refractivity contribution in [2.45, 2.75) is 64.2 Å². The highest BCUT2D eigenvalue weighted by Crippen LogP contribution is 2.30. The lowest BCUT2D eigenvalue weighted by molar-refractivity contribution is -0.123. The monoisotopic (exact) mass is 336 g/mol. The molecule has 0 atom stereocenters. The number of hydrogen-bond acceptors (Lipinski definition) is 5. The number of allylic oxidation sites excluding steroid dienone is 1. The smallest absolute Gasteiger partial charge is 0.266 e. The molecule has 2 rings (SSSR count). The summed E-state index contributed by atoms with van der Waals surface area (Å²) >= 11 is 0. The molecule has 1 fully saturated rings. The third-order valence-corrected chi connectivity index (χ3v) is 5.07. The number of rotatable bonds is 8. The van der Waals surface area contributed by atoms with E-state index in [-0.39, 0.29) is 17.1 Å². The zero-order valence-electron chi connectivity index (χ0n) is 14.7.